The van der Waals surface area contributed by atoms with Crippen molar-refractivity contribution in [1.29, 1.82) is 0 Å². The fourth-order valence-electron chi connectivity index (χ4n) is 1.62. The summed E-state index contributed by atoms with van der Waals surface area (Å²) in [4.78, 5) is 10.9. The molecule has 0 aliphatic rings. The van der Waals surface area contributed by atoms with Crippen LogP contribution in [0, 0.1) is 0 Å². The van der Waals surface area contributed by atoms with Crippen LogP contribution in [0.4, 0.5) is 0 Å². The quantitative estimate of drug-likeness (QED) is 0.332. The Labute approximate surface area is 139 Å². The molecule has 3 heteroatoms. The fourth-order valence-corrected chi connectivity index (χ4v) is 1.62. The summed E-state index contributed by atoms with van der Waals surface area (Å²) in [6.07, 6.45) is 10.4. The number of unbranched alkanes of at least 4 members (excludes halogenated alkanes) is 4. The second-order valence-electron chi connectivity index (χ2n) is 5.96. The molecule has 2 atom stereocenters. The van der Waals surface area contributed by atoms with Crippen molar-refractivity contribution in [1.82, 2.24) is 0 Å². The van der Waals surface area contributed by atoms with E-state index >= 15 is 0 Å². The van der Waals surface area contributed by atoms with Crippen molar-refractivity contribution in [3.63, 3.8) is 0 Å². The Morgan fingerprint density at radius 1 is 0.818 bits per heavy atom. The van der Waals surface area contributed by atoms with Crippen molar-refractivity contribution in [3.8, 4) is 0 Å². The molecule has 0 saturated carbocycles. The molecular weight excluding hydrogens is 276 g/mol. The van der Waals surface area contributed by atoms with Crippen LogP contribution in [0.25, 0.3) is 0 Å². The van der Waals surface area contributed by atoms with E-state index in [0.29, 0.717) is 12.5 Å². The lowest BCUT2D eigenvalue weighted by atomic mass is 10.2. The minimum absolute atomic E-state index is 0.0544. The topological polar surface area (TPSA) is 35.5 Å². The molecule has 0 N–H and O–H groups in total. The van der Waals surface area contributed by atoms with Gasteiger partial charge in [0.2, 0.25) is 0 Å². The number of esters is 1. The highest BCUT2D eigenvalue weighted by Gasteiger charge is 2.05. The zero-order valence-electron chi connectivity index (χ0n) is 16.0. The first-order valence-corrected chi connectivity index (χ1v) is 9.32. The summed E-state index contributed by atoms with van der Waals surface area (Å²) in [7, 11) is 0. The smallest absolute Gasteiger partial charge is 0.306 e. The van der Waals surface area contributed by atoms with Gasteiger partial charge in [0.15, 0.2) is 0 Å². The van der Waals surface area contributed by atoms with Crippen molar-refractivity contribution in [3.05, 3.63) is 0 Å². The van der Waals surface area contributed by atoms with Gasteiger partial charge in [-0.3, -0.25) is 4.79 Å². The van der Waals surface area contributed by atoms with E-state index in [1.165, 1.54) is 25.7 Å². The summed E-state index contributed by atoms with van der Waals surface area (Å²) in [5.74, 6) is -0.0544. The standard InChI is InChI=1S/C10H22O.C9H18O2/c1-4-6-7-8-9-11-10(3)5-2;1-4-6-7-9(10)11-8(3)5-2/h10H,4-9H2,1-3H3;8H,4-7H2,1-3H3. The SMILES string of the molecule is CCCCC(=O)OC(C)CC.CCCCCCOC(C)CC. The molecular formula is C19H40O3. The highest BCUT2D eigenvalue weighted by Crippen LogP contribution is 2.02. The molecule has 22 heavy (non-hydrogen) atoms. The van der Waals surface area contributed by atoms with Gasteiger partial charge in [-0.25, -0.2) is 0 Å². The van der Waals surface area contributed by atoms with Crippen LogP contribution in [0.5, 0.6) is 0 Å². The monoisotopic (exact) mass is 316 g/mol. The van der Waals surface area contributed by atoms with E-state index in [-0.39, 0.29) is 12.1 Å². The molecule has 0 aliphatic heterocycles. The normalized spacial score (nSPS) is 13.0. The lowest BCUT2D eigenvalue weighted by molar-refractivity contribution is -0.148. The summed E-state index contributed by atoms with van der Waals surface area (Å²) in [6.45, 7) is 13.5. The highest BCUT2D eigenvalue weighted by atomic mass is 16.5. The first-order valence-electron chi connectivity index (χ1n) is 9.32. The molecule has 2 unspecified atom stereocenters. The van der Waals surface area contributed by atoms with Crippen LogP contribution in [0.2, 0.25) is 0 Å². The number of carbonyl (C=O) groups is 1. The predicted octanol–water partition coefficient (Wildman–Crippen LogP) is 5.90. The Balaban J connectivity index is 0. The van der Waals surface area contributed by atoms with Crippen molar-refractivity contribution in [2.24, 2.45) is 0 Å². The third kappa shape index (κ3) is 19.4. The minimum Gasteiger partial charge on any atom is -0.463 e. The molecule has 0 amide bonds. The van der Waals surface area contributed by atoms with E-state index in [2.05, 4.69) is 27.7 Å². The fraction of sp³-hybridized carbons (Fsp3) is 0.947. The summed E-state index contributed by atoms with van der Waals surface area (Å²) in [5.41, 5.74) is 0. The van der Waals surface area contributed by atoms with E-state index < -0.39 is 0 Å². The van der Waals surface area contributed by atoms with Crippen LogP contribution < -0.4 is 0 Å². The molecule has 0 saturated heterocycles. The van der Waals surface area contributed by atoms with Gasteiger partial charge < -0.3 is 9.47 Å². The van der Waals surface area contributed by atoms with E-state index in [9.17, 15) is 4.79 Å². The molecule has 0 aromatic rings. The Kier molecular flexibility index (Phi) is 19.9. The number of rotatable bonds is 12. The maximum absolute atomic E-state index is 10.9. The first kappa shape index (κ1) is 23.7. The molecule has 3 nitrogen and oxygen atoms in total. The van der Waals surface area contributed by atoms with E-state index in [1.807, 2.05) is 13.8 Å². The van der Waals surface area contributed by atoms with Crippen LogP contribution in [0.1, 0.15) is 99.3 Å². The first-order chi connectivity index (χ1) is 10.5. The molecule has 0 bridgehead atoms. The highest BCUT2D eigenvalue weighted by molar-refractivity contribution is 5.69. The van der Waals surface area contributed by atoms with Gasteiger partial charge in [-0.2, -0.15) is 0 Å². The molecule has 0 heterocycles. The average molecular weight is 317 g/mol. The van der Waals surface area contributed by atoms with Crippen molar-refractivity contribution in [2.75, 3.05) is 6.61 Å². The van der Waals surface area contributed by atoms with E-state index in [4.69, 9.17) is 9.47 Å². The Morgan fingerprint density at radius 2 is 1.41 bits per heavy atom. The lowest BCUT2D eigenvalue weighted by Gasteiger charge is -2.09. The molecule has 0 rings (SSSR count). The van der Waals surface area contributed by atoms with Crippen LogP contribution in [-0.4, -0.2) is 24.8 Å². The zero-order chi connectivity index (χ0) is 17.2. The van der Waals surface area contributed by atoms with Gasteiger partial charge in [-0.1, -0.05) is 53.4 Å². The molecule has 0 fully saturated rings. The van der Waals surface area contributed by atoms with Gasteiger partial charge in [-0.15, -0.1) is 0 Å². The van der Waals surface area contributed by atoms with Crippen LogP contribution in [0.3, 0.4) is 0 Å². The molecule has 0 aliphatic carbocycles. The van der Waals surface area contributed by atoms with Gasteiger partial charge >= 0.3 is 5.97 Å². The average Bonchev–Trinajstić information content (AvgIpc) is 2.52. The summed E-state index contributed by atoms with van der Waals surface area (Å²) in [5, 5.41) is 0. The predicted molar refractivity (Wildman–Crippen MR) is 95.2 cm³/mol. The van der Waals surface area contributed by atoms with Gasteiger partial charge in [0.05, 0.1) is 12.2 Å². The van der Waals surface area contributed by atoms with Gasteiger partial charge in [0.25, 0.3) is 0 Å². The largest absolute Gasteiger partial charge is 0.463 e. The summed E-state index contributed by atoms with van der Waals surface area (Å²) >= 11 is 0. The van der Waals surface area contributed by atoms with Gasteiger partial charge in [0.1, 0.15) is 0 Å². The van der Waals surface area contributed by atoms with E-state index in [1.54, 1.807) is 0 Å². The Morgan fingerprint density at radius 3 is 1.91 bits per heavy atom. The Bertz CT molecular complexity index is 229. The van der Waals surface area contributed by atoms with Crippen molar-refractivity contribution >= 4 is 5.97 Å². The third-order valence-corrected chi connectivity index (χ3v) is 3.62. The van der Waals surface area contributed by atoms with Crippen LogP contribution >= 0.6 is 0 Å². The Hall–Kier alpha value is -0.570. The maximum Gasteiger partial charge on any atom is 0.306 e. The summed E-state index contributed by atoms with van der Waals surface area (Å²) < 4.78 is 10.6. The number of carbonyl (C=O) groups excluding carboxylic acids is 1. The van der Waals surface area contributed by atoms with Crippen LogP contribution in [-0.2, 0) is 14.3 Å². The van der Waals surface area contributed by atoms with Crippen LogP contribution in [0.15, 0.2) is 0 Å². The van der Waals surface area contributed by atoms with Crippen molar-refractivity contribution < 1.29 is 14.3 Å². The second-order valence-corrected chi connectivity index (χ2v) is 5.96. The number of hydrogen-bond acceptors (Lipinski definition) is 3. The number of ether oxygens (including phenoxy) is 2. The maximum atomic E-state index is 10.9. The van der Waals surface area contributed by atoms with Gasteiger partial charge in [-0.05, 0) is 39.5 Å². The second kappa shape index (κ2) is 18.5. The molecule has 0 radical (unpaired) electrons. The third-order valence-electron chi connectivity index (χ3n) is 3.62. The molecule has 134 valence electrons. The summed E-state index contributed by atoms with van der Waals surface area (Å²) in [6, 6.07) is 0. The van der Waals surface area contributed by atoms with E-state index in [0.717, 1.165) is 32.3 Å². The zero-order valence-corrected chi connectivity index (χ0v) is 16.0. The molecule has 0 aromatic heterocycles. The minimum atomic E-state index is -0.0544. The molecule has 0 aromatic carbocycles. The van der Waals surface area contributed by atoms with Gasteiger partial charge in [0, 0.05) is 13.0 Å². The lowest BCUT2D eigenvalue weighted by Crippen LogP contribution is -2.13. The number of hydrogen-bond donors (Lipinski definition) is 0. The molecule has 0 spiro atoms. The van der Waals surface area contributed by atoms with Crippen molar-refractivity contribution in [2.45, 2.75) is 112 Å².